The van der Waals surface area contributed by atoms with E-state index in [-0.39, 0.29) is 23.7 Å². The van der Waals surface area contributed by atoms with Crippen LogP contribution in [0.1, 0.15) is 46.4 Å². The molecule has 30 heavy (non-hydrogen) atoms. The van der Waals surface area contributed by atoms with Crippen molar-refractivity contribution in [2.75, 3.05) is 6.54 Å². The Labute approximate surface area is 172 Å². The monoisotopic (exact) mass is 451 g/mol. The summed E-state index contributed by atoms with van der Waals surface area (Å²) in [5.74, 6) is -2.24. The molecule has 0 atom stereocenters. The number of rotatable bonds is 6. The molecule has 0 spiro atoms. The Balaban J connectivity index is 1.93. The highest BCUT2D eigenvalue weighted by atomic mass is 35.5. The van der Waals surface area contributed by atoms with Crippen LogP contribution >= 0.6 is 11.6 Å². The number of nitrogens with zero attached hydrogens (tertiary/aromatic N) is 3. The zero-order chi connectivity index (χ0) is 22.4. The van der Waals surface area contributed by atoms with Crippen LogP contribution in [0.5, 0.6) is 0 Å². The molecule has 1 aromatic carbocycles. The Morgan fingerprint density at radius 2 is 2.00 bits per heavy atom. The fourth-order valence-corrected chi connectivity index (χ4v) is 3.45. The molecule has 1 saturated carbocycles. The molecule has 1 aliphatic rings. The van der Waals surface area contributed by atoms with E-state index in [1.54, 1.807) is 0 Å². The third-order valence-electron chi connectivity index (χ3n) is 4.72. The van der Waals surface area contributed by atoms with Crippen molar-refractivity contribution < 1.29 is 31.1 Å². The van der Waals surface area contributed by atoms with Crippen LogP contribution in [0.2, 0.25) is 5.02 Å². The summed E-state index contributed by atoms with van der Waals surface area (Å²) in [4.78, 5) is 14.0. The number of alkyl halides is 5. The number of benzene rings is 1. The molecule has 0 aliphatic heterocycles. The van der Waals surface area contributed by atoms with E-state index in [4.69, 9.17) is 11.6 Å². The van der Waals surface area contributed by atoms with E-state index in [2.05, 4.69) is 11.7 Å². The Kier molecular flexibility index (Phi) is 5.90. The van der Waals surface area contributed by atoms with E-state index in [0.29, 0.717) is 17.5 Å². The molecule has 2 aromatic rings. The van der Waals surface area contributed by atoms with Gasteiger partial charge in [-0.2, -0.15) is 22.7 Å². The summed E-state index contributed by atoms with van der Waals surface area (Å²) in [6.45, 7) is 3.41. The van der Waals surface area contributed by atoms with Crippen molar-refractivity contribution in [2.45, 2.75) is 31.5 Å². The highest BCUT2D eigenvalue weighted by Crippen LogP contribution is 2.39. The average Bonchev–Trinajstić information content (AvgIpc) is 3.44. The molecule has 11 heteroatoms. The zero-order valence-corrected chi connectivity index (χ0v) is 16.4. The standard InChI is InChI=1S/C19H16ClF6N3O/c1-9(11-4-3-5-12(14(11)20)19(24,25)26)8-29(10-6-7-10)18(30)13-15(16(21)22)27-28(2)17(13)23/h3-5,10,16H,1,6-8H2,2H3. The first-order valence-electron chi connectivity index (χ1n) is 8.78. The molecule has 1 aromatic heterocycles. The molecule has 162 valence electrons. The maximum Gasteiger partial charge on any atom is 0.417 e. The number of amides is 1. The van der Waals surface area contributed by atoms with Gasteiger partial charge in [-0.15, -0.1) is 0 Å². The molecule has 3 rings (SSSR count). The van der Waals surface area contributed by atoms with E-state index >= 15 is 0 Å². The SMILES string of the molecule is C=C(CN(C(=O)c1c(C(F)F)nn(C)c1F)C1CC1)c1cccc(C(F)(F)F)c1Cl. The van der Waals surface area contributed by atoms with E-state index in [1.165, 1.54) is 6.07 Å². The van der Waals surface area contributed by atoms with Crippen molar-refractivity contribution in [2.24, 2.45) is 7.05 Å². The molecule has 0 unspecified atom stereocenters. The molecule has 0 N–H and O–H groups in total. The van der Waals surface area contributed by atoms with Crippen LogP contribution in [0.25, 0.3) is 5.57 Å². The number of aryl methyl sites for hydroxylation is 1. The van der Waals surface area contributed by atoms with Gasteiger partial charge in [0, 0.05) is 19.6 Å². The van der Waals surface area contributed by atoms with Gasteiger partial charge in [0.05, 0.1) is 10.6 Å². The van der Waals surface area contributed by atoms with Crippen LogP contribution < -0.4 is 0 Å². The van der Waals surface area contributed by atoms with Crippen LogP contribution in [0.4, 0.5) is 26.3 Å². The van der Waals surface area contributed by atoms with Crippen LogP contribution in [-0.4, -0.2) is 33.2 Å². The quantitative estimate of drug-likeness (QED) is 0.545. The summed E-state index contributed by atoms with van der Waals surface area (Å²) in [5, 5.41) is 2.77. The maximum absolute atomic E-state index is 14.3. The summed E-state index contributed by atoms with van der Waals surface area (Å²) in [7, 11) is 1.08. The second-order valence-electron chi connectivity index (χ2n) is 6.91. The van der Waals surface area contributed by atoms with E-state index in [1.807, 2.05) is 0 Å². The lowest BCUT2D eigenvalue weighted by molar-refractivity contribution is -0.137. The third kappa shape index (κ3) is 4.19. The maximum atomic E-state index is 14.3. The van der Waals surface area contributed by atoms with Gasteiger partial charge in [-0.05, 0) is 30.0 Å². The summed E-state index contributed by atoms with van der Waals surface area (Å²) >= 11 is 5.90. The topological polar surface area (TPSA) is 38.1 Å². The Morgan fingerprint density at radius 1 is 1.37 bits per heavy atom. The van der Waals surface area contributed by atoms with Crippen LogP contribution in [0.15, 0.2) is 24.8 Å². The van der Waals surface area contributed by atoms with E-state index in [0.717, 1.165) is 24.1 Å². The summed E-state index contributed by atoms with van der Waals surface area (Å²) in [5.41, 5.74) is -2.89. The molecular weight excluding hydrogens is 436 g/mol. The van der Waals surface area contributed by atoms with Crippen LogP contribution in [0, 0.1) is 5.95 Å². The van der Waals surface area contributed by atoms with Crippen molar-refractivity contribution in [1.29, 1.82) is 0 Å². The molecule has 0 saturated heterocycles. The third-order valence-corrected chi connectivity index (χ3v) is 5.13. The minimum absolute atomic E-state index is 0.0364. The molecule has 0 bridgehead atoms. The van der Waals surface area contributed by atoms with Crippen LogP contribution in [0.3, 0.4) is 0 Å². The summed E-state index contributed by atoms with van der Waals surface area (Å²) in [6.07, 6.45) is -6.78. The number of carbonyl (C=O) groups excluding carboxylic acids is 1. The Hall–Kier alpha value is -2.49. The summed E-state index contributed by atoms with van der Waals surface area (Å²) < 4.78 is 80.7. The molecule has 1 fully saturated rings. The highest BCUT2D eigenvalue weighted by Gasteiger charge is 2.39. The second-order valence-corrected chi connectivity index (χ2v) is 7.29. The smallest absolute Gasteiger partial charge is 0.331 e. The lowest BCUT2D eigenvalue weighted by Gasteiger charge is -2.24. The highest BCUT2D eigenvalue weighted by molar-refractivity contribution is 6.33. The van der Waals surface area contributed by atoms with Gasteiger partial charge in [0.1, 0.15) is 11.3 Å². The predicted molar refractivity (Wildman–Crippen MR) is 97.7 cm³/mol. The van der Waals surface area contributed by atoms with Crippen molar-refractivity contribution >= 4 is 23.1 Å². The van der Waals surface area contributed by atoms with Crippen molar-refractivity contribution in [3.63, 3.8) is 0 Å². The van der Waals surface area contributed by atoms with Crippen molar-refractivity contribution in [3.8, 4) is 0 Å². The predicted octanol–water partition coefficient (Wildman–Crippen LogP) is 5.49. The normalized spacial score (nSPS) is 14.3. The number of carbonyl (C=O) groups is 1. The van der Waals surface area contributed by atoms with Crippen molar-refractivity contribution in [1.82, 2.24) is 14.7 Å². The van der Waals surface area contributed by atoms with Gasteiger partial charge in [0.2, 0.25) is 5.95 Å². The Bertz CT molecular complexity index is 997. The molecule has 0 radical (unpaired) electrons. The lowest BCUT2D eigenvalue weighted by atomic mass is 10.0. The van der Waals surface area contributed by atoms with E-state index in [9.17, 15) is 31.1 Å². The zero-order valence-electron chi connectivity index (χ0n) is 15.6. The number of hydrogen-bond acceptors (Lipinski definition) is 2. The fraction of sp³-hybridized carbons (Fsp3) is 0.368. The molecule has 1 heterocycles. The first-order chi connectivity index (χ1) is 13.9. The molecular formula is C19H16ClF6N3O. The Morgan fingerprint density at radius 3 is 2.53 bits per heavy atom. The van der Waals surface area contributed by atoms with Gasteiger partial charge in [-0.25, -0.2) is 13.5 Å². The van der Waals surface area contributed by atoms with Crippen molar-refractivity contribution in [3.05, 3.63) is 58.1 Å². The number of halogens is 7. The number of aromatic nitrogens is 2. The first kappa shape index (κ1) is 22.2. The number of hydrogen-bond donors (Lipinski definition) is 0. The summed E-state index contributed by atoms with van der Waals surface area (Å²) in [6, 6.07) is 2.89. The van der Waals surface area contributed by atoms with Gasteiger partial charge >= 0.3 is 6.18 Å². The van der Waals surface area contributed by atoms with Gasteiger partial charge in [-0.3, -0.25) is 4.79 Å². The largest absolute Gasteiger partial charge is 0.417 e. The van der Waals surface area contributed by atoms with E-state index < -0.39 is 46.3 Å². The van der Waals surface area contributed by atoms with Gasteiger partial charge in [0.25, 0.3) is 12.3 Å². The van der Waals surface area contributed by atoms with Gasteiger partial charge in [-0.1, -0.05) is 30.3 Å². The molecule has 4 nitrogen and oxygen atoms in total. The molecule has 1 aliphatic carbocycles. The van der Waals surface area contributed by atoms with Gasteiger partial charge < -0.3 is 4.90 Å². The lowest BCUT2D eigenvalue weighted by Crippen LogP contribution is -2.35. The molecule has 1 amide bonds. The fourth-order valence-electron chi connectivity index (χ4n) is 3.08. The first-order valence-corrected chi connectivity index (χ1v) is 9.16. The van der Waals surface area contributed by atoms with Crippen LogP contribution in [-0.2, 0) is 13.2 Å². The van der Waals surface area contributed by atoms with Gasteiger partial charge in [0.15, 0.2) is 0 Å². The minimum atomic E-state index is -4.69. The average molecular weight is 452 g/mol. The minimum Gasteiger partial charge on any atom is -0.331 e. The second kappa shape index (κ2) is 7.98.